The second-order valence-corrected chi connectivity index (χ2v) is 1.75. The Hall–Kier alpha value is -0.500. The molecule has 1 N–H and O–H groups in total. The van der Waals surface area contributed by atoms with Crippen LogP contribution in [0.5, 0.6) is 0 Å². The molecular weight excluding hydrogens is 100 g/mol. The van der Waals surface area contributed by atoms with E-state index >= 15 is 0 Å². The average Bonchev–Trinajstić information content (AvgIpc) is 1.68. The van der Waals surface area contributed by atoms with Crippen LogP contribution >= 0.6 is 0 Å². The Kier molecular flexibility index (Phi) is 4.36. The van der Waals surface area contributed by atoms with Crippen LogP contribution in [-0.2, 0) is 0 Å². The zero-order valence-corrected chi connectivity index (χ0v) is 5.65. The van der Waals surface area contributed by atoms with Crippen LogP contribution in [0, 0.1) is 0 Å². The van der Waals surface area contributed by atoms with Crippen LogP contribution in [0.15, 0.2) is 12.8 Å². The molecule has 0 spiro atoms. The van der Waals surface area contributed by atoms with Gasteiger partial charge in [-0.15, -0.1) is 0 Å². The second-order valence-electron chi connectivity index (χ2n) is 1.75. The quantitative estimate of drug-likeness (QED) is 0.548. The SMILES string of the molecule is C=CNN(C)CCC. The lowest BCUT2D eigenvalue weighted by atomic mass is 10.5. The lowest BCUT2D eigenvalue weighted by molar-refractivity contribution is 0.277. The molecule has 48 valence electrons. The van der Waals surface area contributed by atoms with Crippen LogP contribution in [0.25, 0.3) is 0 Å². The highest BCUT2D eigenvalue weighted by Crippen LogP contribution is 1.78. The van der Waals surface area contributed by atoms with Crippen LogP contribution in [-0.4, -0.2) is 18.6 Å². The van der Waals surface area contributed by atoms with Crippen molar-refractivity contribution in [2.45, 2.75) is 13.3 Å². The fourth-order valence-electron chi connectivity index (χ4n) is 0.556. The Balaban J connectivity index is 3.03. The van der Waals surface area contributed by atoms with Gasteiger partial charge < -0.3 is 5.43 Å². The number of rotatable bonds is 4. The van der Waals surface area contributed by atoms with Gasteiger partial charge in [0.2, 0.25) is 0 Å². The van der Waals surface area contributed by atoms with Gasteiger partial charge in [-0.2, -0.15) is 0 Å². The van der Waals surface area contributed by atoms with Crippen molar-refractivity contribution in [1.29, 1.82) is 0 Å². The number of hydrogen-bond acceptors (Lipinski definition) is 2. The van der Waals surface area contributed by atoms with E-state index in [0.29, 0.717) is 0 Å². The van der Waals surface area contributed by atoms with Crippen molar-refractivity contribution in [3.63, 3.8) is 0 Å². The summed E-state index contributed by atoms with van der Waals surface area (Å²) in [6, 6.07) is 0. The lowest BCUT2D eigenvalue weighted by Crippen LogP contribution is -2.30. The molecule has 8 heavy (non-hydrogen) atoms. The molecule has 0 fully saturated rings. The zero-order chi connectivity index (χ0) is 6.41. The van der Waals surface area contributed by atoms with Crippen LogP contribution in [0.2, 0.25) is 0 Å². The van der Waals surface area contributed by atoms with Crippen molar-refractivity contribution in [3.8, 4) is 0 Å². The molecule has 0 rings (SSSR count). The molecule has 0 aromatic carbocycles. The maximum Gasteiger partial charge on any atom is 0.0172 e. The summed E-state index contributed by atoms with van der Waals surface area (Å²) in [4.78, 5) is 0. The summed E-state index contributed by atoms with van der Waals surface area (Å²) in [5, 5.41) is 1.99. The van der Waals surface area contributed by atoms with Gasteiger partial charge in [-0.05, 0) is 6.42 Å². The molecule has 0 aromatic heterocycles. The third-order valence-electron chi connectivity index (χ3n) is 0.871. The van der Waals surface area contributed by atoms with E-state index in [-0.39, 0.29) is 0 Å². The second kappa shape index (κ2) is 4.65. The highest BCUT2D eigenvalue weighted by Gasteiger charge is 1.86. The molecule has 2 nitrogen and oxygen atoms in total. The summed E-state index contributed by atoms with van der Waals surface area (Å²) in [7, 11) is 1.99. The van der Waals surface area contributed by atoms with Crippen molar-refractivity contribution < 1.29 is 0 Å². The molecule has 0 saturated carbocycles. The maximum atomic E-state index is 3.53. The van der Waals surface area contributed by atoms with Crippen LogP contribution in [0.4, 0.5) is 0 Å². The molecule has 0 unspecified atom stereocenters. The number of nitrogens with zero attached hydrogens (tertiary/aromatic N) is 1. The molecule has 0 aromatic rings. The summed E-state index contributed by atoms with van der Waals surface area (Å²) in [6.45, 7) is 6.73. The van der Waals surface area contributed by atoms with E-state index in [9.17, 15) is 0 Å². The Bertz CT molecular complexity index is 61.5. The fourth-order valence-corrected chi connectivity index (χ4v) is 0.556. The summed E-state index contributed by atoms with van der Waals surface area (Å²) < 4.78 is 0. The number of hydrazine groups is 1. The summed E-state index contributed by atoms with van der Waals surface area (Å²) in [5.41, 5.74) is 2.94. The van der Waals surface area contributed by atoms with Crippen molar-refractivity contribution in [2.75, 3.05) is 13.6 Å². The maximum absolute atomic E-state index is 3.53. The first-order valence-electron chi connectivity index (χ1n) is 2.89. The topological polar surface area (TPSA) is 15.3 Å². The monoisotopic (exact) mass is 114 g/mol. The first-order chi connectivity index (χ1) is 3.81. The molecule has 0 saturated heterocycles. The Labute approximate surface area is 51.2 Å². The molecule has 0 heterocycles. The molecule has 0 aliphatic heterocycles. The Morgan fingerprint density at radius 2 is 2.38 bits per heavy atom. The van der Waals surface area contributed by atoms with E-state index in [1.54, 1.807) is 6.20 Å². The predicted octanol–water partition coefficient (Wildman–Crippen LogP) is 0.976. The van der Waals surface area contributed by atoms with E-state index < -0.39 is 0 Å². The van der Waals surface area contributed by atoms with Crippen molar-refractivity contribution >= 4 is 0 Å². The third kappa shape index (κ3) is 3.68. The van der Waals surface area contributed by atoms with Crippen molar-refractivity contribution in [2.24, 2.45) is 0 Å². The van der Waals surface area contributed by atoms with Gasteiger partial charge >= 0.3 is 0 Å². The van der Waals surface area contributed by atoms with E-state index in [1.807, 2.05) is 12.1 Å². The van der Waals surface area contributed by atoms with Gasteiger partial charge in [0.05, 0.1) is 0 Å². The number of hydrogen-bond donors (Lipinski definition) is 1. The molecule has 0 radical (unpaired) electrons. The van der Waals surface area contributed by atoms with Gasteiger partial charge in [0.1, 0.15) is 0 Å². The molecule has 0 bridgehead atoms. The lowest BCUT2D eigenvalue weighted by Gasteiger charge is -2.13. The average molecular weight is 114 g/mol. The van der Waals surface area contributed by atoms with E-state index in [1.165, 1.54) is 0 Å². The van der Waals surface area contributed by atoms with Gasteiger partial charge in [0.15, 0.2) is 0 Å². The first kappa shape index (κ1) is 7.50. The van der Waals surface area contributed by atoms with Crippen LogP contribution in [0.3, 0.4) is 0 Å². The van der Waals surface area contributed by atoms with Gasteiger partial charge in [0.25, 0.3) is 0 Å². The highest BCUT2D eigenvalue weighted by molar-refractivity contribution is 4.58. The predicted molar refractivity (Wildman–Crippen MR) is 36.3 cm³/mol. The van der Waals surface area contributed by atoms with Gasteiger partial charge in [-0.25, -0.2) is 5.01 Å². The largest absolute Gasteiger partial charge is 0.327 e. The van der Waals surface area contributed by atoms with Crippen molar-refractivity contribution in [1.82, 2.24) is 10.4 Å². The van der Waals surface area contributed by atoms with E-state index in [4.69, 9.17) is 0 Å². The minimum atomic E-state index is 1.06. The normalized spacial score (nSPS) is 9.38. The van der Waals surface area contributed by atoms with Crippen molar-refractivity contribution in [3.05, 3.63) is 12.8 Å². The molecular formula is C6H14N2. The van der Waals surface area contributed by atoms with Crippen LogP contribution < -0.4 is 5.43 Å². The summed E-state index contributed by atoms with van der Waals surface area (Å²) >= 11 is 0. The van der Waals surface area contributed by atoms with Crippen LogP contribution in [0.1, 0.15) is 13.3 Å². The molecule has 0 aliphatic rings. The molecule has 0 atom stereocenters. The molecule has 2 heteroatoms. The minimum Gasteiger partial charge on any atom is -0.327 e. The smallest absolute Gasteiger partial charge is 0.0172 e. The first-order valence-corrected chi connectivity index (χ1v) is 2.89. The van der Waals surface area contributed by atoms with E-state index in [2.05, 4.69) is 18.9 Å². The van der Waals surface area contributed by atoms with Gasteiger partial charge in [0, 0.05) is 19.8 Å². The highest BCUT2D eigenvalue weighted by atomic mass is 15.5. The van der Waals surface area contributed by atoms with E-state index in [0.717, 1.165) is 13.0 Å². The summed E-state index contributed by atoms with van der Waals surface area (Å²) in [6.07, 6.45) is 2.84. The Morgan fingerprint density at radius 1 is 1.75 bits per heavy atom. The molecule has 0 aliphatic carbocycles. The summed E-state index contributed by atoms with van der Waals surface area (Å²) in [5.74, 6) is 0. The number of nitrogens with one attached hydrogen (secondary N) is 1. The third-order valence-corrected chi connectivity index (χ3v) is 0.871. The fraction of sp³-hybridized carbons (Fsp3) is 0.667. The minimum absolute atomic E-state index is 1.06. The Morgan fingerprint density at radius 3 is 2.75 bits per heavy atom. The van der Waals surface area contributed by atoms with Gasteiger partial charge in [-0.1, -0.05) is 13.5 Å². The molecule has 0 amide bonds. The van der Waals surface area contributed by atoms with Gasteiger partial charge in [-0.3, -0.25) is 0 Å². The zero-order valence-electron chi connectivity index (χ0n) is 5.65. The standard InChI is InChI=1S/C6H14N2/c1-4-6-8(3)7-5-2/h5,7H,2,4,6H2,1,3H3.